The summed E-state index contributed by atoms with van der Waals surface area (Å²) in [7, 11) is 1.40. The number of hydrogen-bond donors (Lipinski definition) is 3. The van der Waals surface area contributed by atoms with Crippen molar-refractivity contribution in [2.24, 2.45) is 0 Å². The van der Waals surface area contributed by atoms with Crippen molar-refractivity contribution in [3.63, 3.8) is 0 Å². The molecule has 0 radical (unpaired) electrons. The van der Waals surface area contributed by atoms with Gasteiger partial charge < -0.3 is 24.8 Å². The minimum atomic E-state index is -0.826. The molecule has 0 aromatic rings. The van der Waals surface area contributed by atoms with Gasteiger partial charge in [-0.15, -0.1) is 0 Å². The van der Waals surface area contributed by atoms with Crippen LogP contribution in [0, 0.1) is 0 Å². The van der Waals surface area contributed by atoms with Gasteiger partial charge in [0.05, 0.1) is 12.7 Å². The van der Waals surface area contributed by atoms with Crippen LogP contribution in [0.25, 0.3) is 0 Å². The standard InChI is InChI=1S/C7H14O5/c1-11-7-5(10)2-4(9)6(3-8)12-7/h4-10H,2-3H2,1H3/t4-,5-,6+,7-/m1/s1. The van der Waals surface area contributed by atoms with Crippen molar-refractivity contribution < 1.29 is 24.8 Å². The largest absolute Gasteiger partial charge is 0.394 e. The van der Waals surface area contributed by atoms with Gasteiger partial charge in [0.1, 0.15) is 12.2 Å². The van der Waals surface area contributed by atoms with Crippen LogP contribution in [0.15, 0.2) is 0 Å². The highest BCUT2D eigenvalue weighted by molar-refractivity contribution is 4.80. The average molecular weight is 178 g/mol. The van der Waals surface area contributed by atoms with E-state index in [2.05, 4.69) is 0 Å². The Hall–Kier alpha value is -0.200. The molecule has 1 aliphatic rings. The van der Waals surface area contributed by atoms with Crippen molar-refractivity contribution in [3.8, 4) is 0 Å². The van der Waals surface area contributed by atoms with Crippen LogP contribution in [0.4, 0.5) is 0 Å². The molecule has 0 aromatic heterocycles. The molecule has 1 rings (SSSR count). The fourth-order valence-electron chi connectivity index (χ4n) is 1.24. The third kappa shape index (κ3) is 1.94. The molecule has 5 heteroatoms. The lowest BCUT2D eigenvalue weighted by Gasteiger charge is -2.35. The van der Waals surface area contributed by atoms with E-state index in [4.69, 9.17) is 14.6 Å². The second kappa shape index (κ2) is 4.15. The second-order valence-electron chi connectivity index (χ2n) is 2.83. The van der Waals surface area contributed by atoms with Crippen LogP contribution < -0.4 is 0 Å². The van der Waals surface area contributed by atoms with Crippen LogP contribution in [0.3, 0.4) is 0 Å². The van der Waals surface area contributed by atoms with Gasteiger partial charge in [-0.3, -0.25) is 0 Å². The number of hydrogen-bond acceptors (Lipinski definition) is 5. The third-order valence-electron chi connectivity index (χ3n) is 1.95. The molecular formula is C7H14O5. The Morgan fingerprint density at radius 2 is 2.08 bits per heavy atom. The normalized spacial score (nSPS) is 43.0. The van der Waals surface area contributed by atoms with Crippen molar-refractivity contribution >= 4 is 0 Å². The molecule has 0 aromatic carbocycles. The molecular weight excluding hydrogens is 164 g/mol. The molecule has 4 atom stereocenters. The summed E-state index contributed by atoms with van der Waals surface area (Å²) in [6.45, 7) is -0.270. The Balaban J connectivity index is 2.50. The first-order valence-corrected chi connectivity index (χ1v) is 3.84. The van der Waals surface area contributed by atoms with E-state index in [-0.39, 0.29) is 13.0 Å². The van der Waals surface area contributed by atoms with Gasteiger partial charge in [-0.1, -0.05) is 0 Å². The Labute approximate surface area is 70.5 Å². The van der Waals surface area contributed by atoms with Gasteiger partial charge in [0.15, 0.2) is 6.29 Å². The predicted octanol–water partition coefficient (Wildman–Crippen LogP) is -1.54. The lowest BCUT2D eigenvalue weighted by molar-refractivity contribution is -0.261. The minimum absolute atomic E-state index is 0.170. The van der Waals surface area contributed by atoms with Crippen LogP contribution in [-0.4, -0.2) is 53.6 Å². The molecule has 0 amide bonds. The molecule has 3 N–H and O–H groups in total. The summed E-state index contributed by atoms with van der Waals surface area (Å²) in [5.41, 5.74) is 0. The zero-order valence-electron chi connectivity index (χ0n) is 6.88. The van der Waals surface area contributed by atoms with Gasteiger partial charge in [-0.25, -0.2) is 0 Å². The molecule has 1 saturated heterocycles. The first-order chi connectivity index (χ1) is 5.69. The fraction of sp³-hybridized carbons (Fsp3) is 1.00. The van der Waals surface area contributed by atoms with Crippen molar-refractivity contribution in [2.45, 2.75) is 31.0 Å². The highest BCUT2D eigenvalue weighted by atomic mass is 16.7. The summed E-state index contributed by atoms with van der Waals surface area (Å²) in [4.78, 5) is 0. The third-order valence-corrected chi connectivity index (χ3v) is 1.95. The maximum atomic E-state index is 9.26. The van der Waals surface area contributed by atoms with Gasteiger partial charge in [0, 0.05) is 13.5 Å². The van der Waals surface area contributed by atoms with Gasteiger partial charge >= 0.3 is 0 Å². The van der Waals surface area contributed by atoms with Gasteiger partial charge in [0.2, 0.25) is 0 Å². The van der Waals surface area contributed by atoms with E-state index in [0.717, 1.165) is 0 Å². The molecule has 1 fully saturated rings. The molecule has 0 saturated carbocycles. The zero-order valence-corrected chi connectivity index (χ0v) is 6.88. The summed E-state index contributed by atoms with van der Waals surface area (Å²) < 4.78 is 9.83. The van der Waals surface area contributed by atoms with E-state index >= 15 is 0 Å². The van der Waals surface area contributed by atoms with E-state index in [9.17, 15) is 10.2 Å². The van der Waals surface area contributed by atoms with E-state index in [1.54, 1.807) is 0 Å². The Bertz CT molecular complexity index is 126. The maximum Gasteiger partial charge on any atom is 0.183 e. The van der Waals surface area contributed by atoms with Crippen LogP contribution in [0.1, 0.15) is 6.42 Å². The van der Waals surface area contributed by atoms with Crippen molar-refractivity contribution in [1.82, 2.24) is 0 Å². The van der Waals surface area contributed by atoms with Crippen LogP contribution in [0.5, 0.6) is 0 Å². The second-order valence-corrected chi connectivity index (χ2v) is 2.83. The van der Waals surface area contributed by atoms with Gasteiger partial charge in [-0.2, -0.15) is 0 Å². The molecule has 0 aliphatic carbocycles. The molecule has 12 heavy (non-hydrogen) atoms. The fourth-order valence-corrected chi connectivity index (χ4v) is 1.24. The minimum Gasteiger partial charge on any atom is -0.394 e. The highest BCUT2D eigenvalue weighted by Gasteiger charge is 2.35. The number of aliphatic hydroxyl groups is 3. The first kappa shape index (κ1) is 9.88. The average Bonchev–Trinajstić information content (AvgIpc) is 2.05. The van der Waals surface area contributed by atoms with Crippen molar-refractivity contribution in [1.29, 1.82) is 0 Å². The van der Waals surface area contributed by atoms with E-state index in [1.165, 1.54) is 7.11 Å². The van der Waals surface area contributed by atoms with Crippen molar-refractivity contribution in [2.75, 3.05) is 13.7 Å². The van der Waals surface area contributed by atoms with Crippen LogP contribution in [0.2, 0.25) is 0 Å². The summed E-state index contributed by atoms with van der Waals surface area (Å²) in [6.07, 6.45) is -2.88. The maximum absolute atomic E-state index is 9.26. The SMILES string of the molecule is CO[C@@H]1O[C@@H](CO)[C@H](O)C[C@H]1O. The Morgan fingerprint density at radius 3 is 2.58 bits per heavy atom. The van der Waals surface area contributed by atoms with E-state index in [1.807, 2.05) is 0 Å². The number of ether oxygens (including phenoxy) is 2. The molecule has 5 nitrogen and oxygen atoms in total. The summed E-state index contributed by atoms with van der Waals surface area (Å²) in [5.74, 6) is 0. The number of aliphatic hydroxyl groups excluding tert-OH is 3. The Morgan fingerprint density at radius 1 is 1.42 bits per heavy atom. The monoisotopic (exact) mass is 178 g/mol. The molecule has 0 unspecified atom stereocenters. The van der Waals surface area contributed by atoms with E-state index < -0.39 is 24.6 Å². The molecule has 1 aliphatic heterocycles. The smallest absolute Gasteiger partial charge is 0.183 e. The molecule has 1 heterocycles. The highest BCUT2D eigenvalue weighted by Crippen LogP contribution is 2.20. The van der Waals surface area contributed by atoms with Crippen molar-refractivity contribution in [3.05, 3.63) is 0 Å². The zero-order chi connectivity index (χ0) is 9.14. The number of methoxy groups -OCH3 is 1. The van der Waals surface area contributed by atoms with Gasteiger partial charge in [-0.05, 0) is 0 Å². The lowest BCUT2D eigenvalue weighted by atomic mass is 10.0. The predicted molar refractivity (Wildman–Crippen MR) is 39.4 cm³/mol. The number of rotatable bonds is 2. The molecule has 0 bridgehead atoms. The lowest BCUT2D eigenvalue weighted by Crippen LogP contribution is -2.49. The summed E-state index contributed by atoms with van der Waals surface area (Å²) in [5, 5.41) is 27.3. The van der Waals surface area contributed by atoms with Crippen LogP contribution in [-0.2, 0) is 9.47 Å². The van der Waals surface area contributed by atoms with E-state index in [0.29, 0.717) is 0 Å². The Kier molecular flexibility index (Phi) is 3.42. The summed E-state index contributed by atoms with van der Waals surface area (Å²) in [6, 6.07) is 0. The molecule has 0 spiro atoms. The van der Waals surface area contributed by atoms with Gasteiger partial charge in [0.25, 0.3) is 0 Å². The topological polar surface area (TPSA) is 79.2 Å². The molecule has 72 valence electrons. The first-order valence-electron chi connectivity index (χ1n) is 3.84. The van der Waals surface area contributed by atoms with Crippen LogP contribution >= 0.6 is 0 Å². The quantitative estimate of drug-likeness (QED) is 0.477. The summed E-state index contributed by atoms with van der Waals surface area (Å²) >= 11 is 0.